The van der Waals surface area contributed by atoms with Crippen molar-refractivity contribution in [2.45, 2.75) is 6.92 Å². The molecule has 0 spiro atoms. The first-order valence-electron chi connectivity index (χ1n) is 6.38. The smallest absolute Gasteiger partial charge is 0.349 e. The minimum atomic E-state index is -1.08. The van der Waals surface area contributed by atoms with Crippen LogP contribution in [0, 0.1) is 6.92 Å². The molecule has 6 heteroatoms. The molecular formula is C16H13BrO5. The van der Waals surface area contributed by atoms with Crippen LogP contribution in [-0.2, 0) is 4.79 Å². The molecule has 0 heterocycles. The maximum absolute atomic E-state index is 11.7. The number of aromatic carboxylic acids is 1. The van der Waals surface area contributed by atoms with Gasteiger partial charge in [-0.05, 0) is 48.9 Å². The molecule has 5 nitrogen and oxygen atoms in total. The van der Waals surface area contributed by atoms with E-state index in [1.807, 2.05) is 13.0 Å². The molecule has 22 heavy (non-hydrogen) atoms. The second-order valence-electron chi connectivity index (χ2n) is 4.51. The molecule has 0 fully saturated rings. The first-order valence-corrected chi connectivity index (χ1v) is 7.18. The van der Waals surface area contributed by atoms with Gasteiger partial charge < -0.3 is 14.6 Å². The highest BCUT2D eigenvalue weighted by Crippen LogP contribution is 2.21. The maximum Gasteiger partial charge on any atom is 0.349 e. The monoisotopic (exact) mass is 364 g/mol. The zero-order chi connectivity index (χ0) is 16.1. The summed E-state index contributed by atoms with van der Waals surface area (Å²) in [5.41, 5.74) is 1.04. The molecule has 0 atom stereocenters. The van der Waals surface area contributed by atoms with Crippen molar-refractivity contribution in [3.63, 3.8) is 0 Å². The second kappa shape index (κ2) is 7.09. The summed E-state index contributed by atoms with van der Waals surface area (Å²) in [6.07, 6.45) is 0. The minimum Gasteiger partial charge on any atom is -0.482 e. The number of carbonyl (C=O) groups excluding carboxylic acids is 1. The first kappa shape index (κ1) is 16.0. The van der Waals surface area contributed by atoms with E-state index >= 15 is 0 Å². The number of ether oxygens (including phenoxy) is 2. The number of rotatable bonds is 5. The Bertz CT molecular complexity index is 711. The molecule has 2 aromatic carbocycles. The highest BCUT2D eigenvalue weighted by Gasteiger charge is 2.09. The van der Waals surface area contributed by atoms with Crippen LogP contribution in [0.4, 0.5) is 0 Å². The van der Waals surface area contributed by atoms with E-state index in [9.17, 15) is 9.59 Å². The topological polar surface area (TPSA) is 72.8 Å². The lowest BCUT2D eigenvalue weighted by atomic mass is 10.2. The molecule has 0 saturated carbocycles. The molecule has 0 bridgehead atoms. The van der Waals surface area contributed by atoms with Crippen LogP contribution >= 0.6 is 15.9 Å². The van der Waals surface area contributed by atoms with Gasteiger partial charge in [0.05, 0.1) is 5.56 Å². The van der Waals surface area contributed by atoms with Crippen molar-refractivity contribution in [3.05, 3.63) is 58.1 Å². The number of halogens is 1. The molecule has 0 amide bonds. The standard InChI is InChI=1S/C16H13BrO5/c1-10-7-12(5-6-14(10)17)21-9-15(18)22-13-4-2-3-11(8-13)16(19)20/h2-8H,9H2,1H3,(H,19,20). The minimum absolute atomic E-state index is 0.0507. The lowest BCUT2D eigenvalue weighted by molar-refractivity contribution is -0.136. The molecule has 0 aliphatic rings. The predicted molar refractivity (Wildman–Crippen MR) is 83.4 cm³/mol. The highest BCUT2D eigenvalue weighted by molar-refractivity contribution is 9.10. The van der Waals surface area contributed by atoms with Gasteiger partial charge in [0.25, 0.3) is 0 Å². The van der Waals surface area contributed by atoms with E-state index in [1.165, 1.54) is 24.3 Å². The molecule has 114 valence electrons. The third kappa shape index (κ3) is 4.33. The van der Waals surface area contributed by atoms with Gasteiger partial charge in [-0.15, -0.1) is 0 Å². The average Bonchev–Trinajstić information content (AvgIpc) is 2.49. The Hall–Kier alpha value is -2.34. The Balaban J connectivity index is 1.94. The third-order valence-corrected chi connectivity index (χ3v) is 3.69. The fourth-order valence-electron chi connectivity index (χ4n) is 1.70. The van der Waals surface area contributed by atoms with Crippen molar-refractivity contribution < 1.29 is 24.2 Å². The molecule has 0 aliphatic carbocycles. The number of aryl methyl sites for hydroxylation is 1. The van der Waals surface area contributed by atoms with Gasteiger partial charge in [-0.1, -0.05) is 22.0 Å². The van der Waals surface area contributed by atoms with Crippen molar-refractivity contribution in [2.75, 3.05) is 6.61 Å². The number of benzene rings is 2. The summed E-state index contributed by atoms with van der Waals surface area (Å²) in [6, 6.07) is 11.1. The summed E-state index contributed by atoms with van der Waals surface area (Å²) >= 11 is 3.38. The Kier molecular flexibility index (Phi) is 5.16. The molecule has 0 unspecified atom stereocenters. The van der Waals surface area contributed by atoms with Crippen LogP contribution in [0.5, 0.6) is 11.5 Å². The molecule has 2 aromatic rings. The summed E-state index contributed by atoms with van der Waals surface area (Å²) < 4.78 is 11.3. The normalized spacial score (nSPS) is 10.1. The molecular weight excluding hydrogens is 352 g/mol. The van der Waals surface area contributed by atoms with Crippen molar-refractivity contribution in [3.8, 4) is 11.5 Å². The molecule has 0 saturated heterocycles. The Morgan fingerprint density at radius 1 is 1.14 bits per heavy atom. The van der Waals surface area contributed by atoms with E-state index in [2.05, 4.69) is 15.9 Å². The second-order valence-corrected chi connectivity index (χ2v) is 5.36. The van der Waals surface area contributed by atoms with E-state index in [0.717, 1.165) is 10.0 Å². The van der Waals surface area contributed by atoms with Crippen molar-refractivity contribution in [2.24, 2.45) is 0 Å². The fourth-order valence-corrected chi connectivity index (χ4v) is 1.95. The van der Waals surface area contributed by atoms with Crippen molar-refractivity contribution >= 4 is 27.9 Å². The molecule has 0 aromatic heterocycles. The van der Waals surface area contributed by atoms with Crippen LogP contribution in [0.15, 0.2) is 46.9 Å². The van der Waals surface area contributed by atoms with Gasteiger partial charge in [0.2, 0.25) is 0 Å². The SMILES string of the molecule is Cc1cc(OCC(=O)Oc2cccc(C(=O)O)c2)ccc1Br. The van der Waals surface area contributed by atoms with Gasteiger partial charge in [0, 0.05) is 4.47 Å². The largest absolute Gasteiger partial charge is 0.482 e. The third-order valence-electron chi connectivity index (χ3n) is 2.80. The van der Waals surface area contributed by atoms with E-state index in [4.69, 9.17) is 14.6 Å². The highest BCUT2D eigenvalue weighted by atomic mass is 79.9. The van der Waals surface area contributed by atoms with Gasteiger partial charge in [0.15, 0.2) is 6.61 Å². The summed E-state index contributed by atoms with van der Waals surface area (Å²) in [6.45, 7) is 1.64. The lowest BCUT2D eigenvalue weighted by Gasteiger charge is -2.08. The van der Waals surface area contributed by atoms with E-state index in [0.29, 0.717) is 5.75 Å². The number of carbonyl (C=O) groups is 2. The summed E-state index contributed by atoms with van der Waals surface area (Å²) in [5, 5.41) is 8.87. The van der Waals surface area contributed by atoms with Gasteiger partial charge >= 0.3 is 11.9 Å². The number of hydrogen-bond acceptors (Lipinski definition) is 4. The Morgan fingerprint density at radius 2 is 1.91 bits per heavy atom. The van der Waals surface area contributed by atoms with Crippen LogP contribution in [0.3, 0.4) is 0 Å². The zero-order valence-corrected chi connectivity index (χ0v) is 13.3. The summed E-state index contributed by atoms with van der Waals surface area (Å²) in [5.74, 6) is -0.972. The Labute approximate surface area is 135 Å². The van der Waals surface area contributed by atoms with Crippen LogP contribution in [-0.4, -0.2) is 23.7 Å². The maximum atomic E-state index is 11.7. The zero-order valence-electron chi connectivity index (χ0n) is 11.7. The fraction of sp³-hybridized carbons (Fsp3) is 0.125. The van der Waals surface area contributed by atoms with Gasteiger partial charge in [-0.25, -0.2) is 9.59 Å². The van der Waals surface area contributed by atoms with Crippen LogP contribution in [0.2, 0.25) is 0 Å². The number of carboxylic acid groups (broad SMARTS) is 1. The van der Waals surface area contributed by atoms with Gasteiger partial charge in [-0.2, -0.15) is 0 Å². The quantitative estimate of drug-likeness (QED) is 0.649. The van der Waals surface area contributed by atoms with E-state index in [-0.39, 0.29) is 17.9 Å². The number of carboxylic acids is 1. The van der Waals surface area contributed by atoms with Crippen LogP contribution in [0.25, 0.3) is 0 Å². The van der Waals surface area contributed by atoms with Crippen molar-refractivity contribution in [1.29, 1.82) is 0 Å². The van der Waals surface area contributed by atoms with Gasteiger partial charge in [0.1, 0.15) is 11.5 Å². The molecule has 0 radical (unpaired) electrons. The van der Waals surface area contributed by atoms with Crippen molar-refractivity contribution in [1.82, 2.24) is 0 Å². The summed E-state index contributed by atoms with van der Waals surface area (Å²) in [7, 11) is 0. The summed E-state index contributed by atoms with van der Waals surface area (Å²) in [4.78, 5) is 22.6. The van der Waals surface area contributed by atoms with Gasteiger partial charge in [-0.3, -0.25) is 0 Å². The predicted octanol–water partition coefficient (Wildman–Crippen LogP) is 3.44. The molecule has 1 N–H and O–H groups in total. The average molecular weight is 365 g/mol. The first-order chi connectivity index (χ1) is 10.5. The van der Waals surface area contributed by atoms with Crippen LogP contribution in [0.1, 0.15) is 15.9 Å². The Morgan fingerprint density at radius 3 is 2.59 bits per heavy atom. The van der Waals surface area contributed by atoms with Crippen LogP contribution < -0.4 is 9.47 Å². The number of esters is 1. The van der Waals surface area contributed by atoms with E-state index < -0.39 is 11.9 Å². The van der Waals surface area contributed by atoms with E-state index in [1.54, 1.807) is 12.1 Å². The molecule has 2 rings (SSSR count). The molecule has 0 aliphatic heterocycles. The number of hydrogen-bond donors (Lipinski definition) is 1. The lowest BCUT2D eigenvalue weighted by Crippen LogP contribution is -2.17.